The monoisotopic (exact) mass is 466 g/mol. The molecule has 3 heterocycles. The molecule has 5 rings (SSSR count). The van der Waals surface area contributed by atoms with Crippen LogP contribution in [0.25, 0.3) is 16.9 Å². The highest BCUT2D eigenvalue weighted by Gasteiger charge is 2.30. The van der Waals surface area contributed by atoms with Gasteiger partial charge in [-0.25, -0.2) is 4.98 Å². The van der Waals surface area contributed by atoms with Gasteiger partial charge in [0.2, 0.25) is 0 Å². The van der Waals surface area contributed by atoms with Crippen molar-refractivity contribution in [1.82, 2.24) is 14.6 Å². The van der Waals surface area contributed by atoms with Gasteiger partial charge in [0.15, 0.2) is 11.5 Å². The molecular weight excluding hydrogens is 445 g/mol. The number of fused-ring (bicyclic) bond motifs is 1. The van der Waals surface area contributed by atoms with Crippen LogP contribution in [0, 0.1) is 0 Å². The number of benzene rings is 2. The fourth-order valence-corrected chi connectivity index (χ4v) is 3.75. The normalized spacial score (nSPS) is 14.7. The Morgan fingerprint density at radius 1 is 0.971 bits per heavy atom. The lowest BCUT2D eigenvalue weighted by molar-refractivity contribution is -0.137. The molecule has 1 aliphatic heterocycles. The summed E-state index contributed by atoms with van der Waals surface area (Å²) in [6, 6.07) is 18.5. The van der Waals surface area contributed by atoms with E-state index in [1.165, 1.54) is 12.3 Å². The molecule has 1 fully saturated rings. The van der Waals surface area contributed by atoms with E-state index in [4.69, 9.17) is 9.84 Å². The molecule has 0 saturated carbocycles. The number of rotatable bonds is 5. The van der Waals surface area contributed by atoms with E-state index in [0.717, 1.165) is 29.2 Å². The predicted octanol–water partition coefficient (Wildman–Crippen LogP) is 4.70. The van der Waals surface area contributed by atoms with E-state index in [9.17, 15) is 13.2 Å². The molecule has 0 aliphatic carbocycles. The van der Waals surface area contributed by atoms with Crippen LogP contribution >= 0.6 is 0 Å². The molecule has 0 unspecified atom stereocenters. The molecule has 0 radical (unpaired) electrons. The van der Waals surface area contributed by atoms with E-state index in [-0.39, 0.29) is 0 Å². The molecule has 1 N–H and O–H groups in total. The predicted molar refractivity (Wildman–Crippen MR) is 124 cm³/mol. The summed E-state index contributed by atoms with van der Waals surface area (Å²) in [4.78, 5) is 6.76. The summed E-state index contributed by atoms with van der Waals surface area (Å²) in [7, 11) is 0. The zero-order chi connectivity index (χ0) is 23.5. The summed E-state index contributed by atoms with van der Waals surface area (Å²) in [5.41, 5.74) is 4.83. The third kappa shape index (κ3) is 4.72. The molecule has 7 nitrogen and oxygen atoms in total. The fraction of sp³-hybridized carbons (Fsp3) is 0.208. The van der Waals surface area contributed by atoms with Crippen LogP contribution in [0.15, 0.2) is 71.8 Å². The Balaban J connectivity index is 1.47. The Kier molecular flexibility index (Phi) is 5.89. The Morgan fingerprint density at radius 3 is 2.53 bits per heavy atom. The average Bonchev–Trinajstić information content (AvgIpc) is 3.29. The van der Waals surface area contributed by atoms with E-state index in [1.54, 1.807) is 10.6 Å². The second kappa shape index (κ2) is 9.14. The van der Waals surface area contributed by atoms with Crippen molar-refractivity contribution in [3.63, 3.8) is 0 Å². The summed E-state index contributed by atoms with van der Waals surface area (Å²) >= 11 is 0. The molecule has 174 valence electrons. The highest BCUT2D eigenvalue weighted by atomic mass is 19.4. The van der Waals surface area contributed by atoms with Crippen LogP contribution in [0.2, 0.25) is 0 Å². The first-order valence-electron chi connectivity index (χ1n) is 10.7. The average molecular weight is 466 g/mol. The van der Waals surface area contributed by atoms with Crippen molar-refractivity contribution < 1.29 is 17.9 Å². The van der Waals surface area contributed by atoms with Crippen LogP contribution in [0.5, 0.6) is 0 Å². The van der Waals surface area contributed by atoms with E-state index < -0.39 is 11.7 Å². The lowest BCUT2D eigenvalue weighted by Crippen LogP contribution is -2.37. The summed E-state index contributed by atoms with van der Waals surface area (Å²) in [5.74, 6) is 1.28. The molecule has 2 aromatic heterocycles. The van der Waals surface area contributed by atoms with Gasteiger partial charge in [-0.2, -0.15) is 27.9 Å². The molecule has 10 heteroatoms. The lowest BCUT2D eigenvalue weighted by atomic mass is 10.1. The van der Waals surface area contributed by atoms with Crippen molar-refractivity contribution in [2.24, 2.45) is 5.10 Å². The Morgan fingerprint density at radius 2 is 1.76 bits per heavy atom. The van der Waals surface area contributed by atoms with Crippen LogP contribution in [0.4, 0.5) is 24.8 Å². The molecular formula is C24H21F3N6O. The summed E-state index contributed by atoms with van der Waals surface area (Å²) < 4.78 is 46.1. The van der Waals surface area contributed by atoms with Gasteiger partial charge in [0, 0.05) is 30.8 Å². The minimum absolute atomic E-state index is 0.326. The minimum Gasteiger partial charge on any atom is -0.378 e. The standard InChI is InChI=1S/C24H21F3N6O/c25-24(26,27)19-8-4-5-17(13-19)16-28-30-21-15-23(32-9-11-34-12-10-32)33-22(29-21)14-20(31-33)18-6-2-1-3-7-18/h1-8,13-16H,9-12H2,(H,29,30)/b28-16+. The molecule has 34 heavy (non-hydrogen) atoms. The molecule has 0 bridgehead atoms. The third-order valence-electron chi connectivity index (χ3n) is 5.42. The molecule has 2 aromatic carbocycles. The summed E-state index contributed by atoms with van der Waals surface area (Å²) in [6.07, 6.45) is -3.07. The summed E-state index contributed by atoms with van der Waals surface area (Å²) in [6.45, 7) is 2.61. The SMILES string of the molecule is FC(F)(F)c1cccc(/C=N/Nc2cc(N3CCOCC3)n3nc(-c4ccccc4)cc3n2)c1. The Labute approximate surface area is 193 Å². The zero-order valence-corrected chi connectivity index (χ0v) is 18.0. The van der Waals surface area contributed by atoms with Crippen molar-refractivity contribution in [3.8, 4) is 11.3 Å². The molecule has 0 spiro atoms. The number of nitrogens with one attached hydrogen (secondary N) is 1. The first kappa shape index (κ1) is 21.9. The zero-order valence-electron chi connectivity index (χ0n) is 18.0. The quantitative estimate of drug-likeness (QED) is 0.341. The van der Waals surface area contributed by atoms with Crippen LogP contribution in [-0.4, -0.2) is 47.1 Å². The maximum Gasteiger partial charge on any atom is 0.416 e. The number of hydrogen-bond donors (Lipinski definition) is 1. The van der Waals surface area contributed by atoms with Crippen molar-refractivity contribution in [3.05, 3.63) is 77.9 Å². The number of ether oxygens (including phenoxy) is 1. The number of hydrazone groups is 1. The largest absolute Gasteiger partial charge is 0.416 e. The number of nitrogens with zero attached hydrogens (tertiary/aromatic N) is 5. The lowest BCUT2D eigenvalue weighted by Gasteiger charge is -2.29. The number of alkyl halides is 3. The van der Waals surface area contributed by atoms with E-state index in [1.807, 2.05) is 42.5 Å². The molecule has 1 saturated heterocycles. The minimum atomic E-state index is -4.41. The second-order valence-corrected chi connectivity index (χ2v) is 7.76. The molecule has 0 amide bonds. The van der Waals surface area contributed by atoms with E-state index in [2.05, 4.69) is 20.4 Å². The highest BCUT2D eigenvalue weighted by molar-refractivity contribution is 5.80. The van der Waals surface area contributed by atoms with Crippen LogP contribution in [-0.2, 0) is 10.9 Å². The second-order valence-electron chi connectivity index (χ2n) is 7.76. The van der Waals surface area contributed by atoms with Crippen LogP contribution in [0.1, 0.15) is 11.1 Å². The van der Waals surface area contributed by atoms with E-state index in [0.29, 0.717) is 43.3 Å². The molecule has 1 aliphatic rings. The first-order valence-corrected chi connectivity index (χ1v) is 10.7. The number of hydrogen-bond acceptors (Lipinski definition) is 6. The van der Waals surface area contributed by atoms with Gasteiger partial charge >= 0.3 is 6.18 Å². The van der Waals surface area contributed by atoms with Gasteiger partial charge in [-0.3, -0.25) is 5.43 Å². The third-order valence-corrected chi connectivity index (χ3v) is 5.42. The van der Waals surface area contributed by atoms with Gasteiger partial charge in [-0.15, -0.1) is 0 Å². The molecule has 4 aromatic rings. The molecule has 0 atom stereocenters. The van der Waals surface area contributed by atoms with Gasteiger partial charge in [-0.05, 0) is 17.7 Å². The smallest absolute Gasteiger partial charge is 0.378 e. The Bertz CT molecular complexity index is 1310. The number of morpholine rings is 1. The number of halogens is 3. The van der Waals surface area contributed by atoms with Crippen molar-refractivity contribution in [2.45, 2.75) is 6.18 Å². The first-order chi connectivity index (χ1) is 16.5. The number of anilines is 2. The van der Waals surface area contributed by atoms with Crippen LogP contribution < -0.4 is 10.3 Å². The van der Waals surface area contributed by atoms with Crippen molar-refractivity contribution in [2.75, 3.05) is 36.6 Å². The highest BCUT2D eigenvalue weighted by Crippen LogP contribution is 2.29. The Hall–Kier alpha value is -3.92. The van der Waals surface area contributed by atoms with Gasteiger partial charge < -0.3 is 9.64 Å². The fourth-order valence-electron chi connectivity index (χ4n) is 3.75. The number of aromatic nitrogens is 3. The maximum atomic E-state index is 13.0. The van der Waals surface area contributed by atoms with Crippen molar-refractivity contribution >= 4 is 23.5 Å². The summed E-state index contributed by atoms with van der Waals surface area (Å²) in [5, 5.41) is 8.87. The van der Waals surface area contributed by atoms with Crippen molar-refractivity contribution in [1.29, 1.82) is 0 Å². The topological polar surface area (TPSA) is 67.0 Å². The van der Waals surface area contributed by atoms with Gasteiger partial charge in [0.05, 0.1) is 30.7 Å². The van der Waals surface area contributed by atoms with Crippen LogP contribution in [0.3, 0.4) is 0 Å². The van der Waals surface area contributed by atoms with Gasteiger partial charge in [0.25, 0.3) is 0 Å². The maximum absolute atomic E-state index is 13.0. The van der Waals surface area contributed by atoms with E-state index >= 15 is 0 Å². The van der Waals surface area contributed by atoms with Gasteiger partial charge in [-0.1, -0.05) is 42.5 Å². The van der Waals surface area contributed by atoms with Gasteiger partial charge in [0.1, 0.15) is 5.82 Å².